The highest BCUT2D eigenvalue weighted by atomic mass is 16.3. The molecule has 4 heteroatoms. The first-order chi connectivity index (χ1) is 11.0. The second-order valence-corrected chi connectivity index (χ2v) is 6.09. The summed E-state index contributed by atoms with van der Waals surface area (Å²) in [5.41, 5.74) is 3.14. The Morgan fingerprint density at radius 2 is 1.52 bits per heavy atom. The van der Waals surface area contributed by atoms with Crippen LogP contribution in [0.2, 0.25) is 0 Å². The summed E-state index contributed by atoms with van der Waals surface area (Å²) >= 11 is 0. The highest BCUT2D eigenvalue weighted by molar-refractivity contribution is 5.40. The van der Waals surface area contributed by atoms with Crippen LogP contribution < -0.4 is 5.32 Å². The molecule has 2 rings (SSSR count). The molecule has 0 aliphatic heterocycles. The zero-order valence-corrected chi connectivity index (χ0v) is 13.7. The van der Waals surface area contributed by atoms with Crippen LogP contribution in [0.25, 0.3) is 0 Å². The average molecular weight is 315 g/mol. The molecule has 2 aromatic carbocycles. The van der Waals surface area contributed by atoms with Crippen LogP contribution in [0.5, 0.6) is 17.2 Å². The Morgan fingerprint density at radius 3 is 2.17 bits per heavy atom. The van der Waals surface area contributed by atoms with Gasteiger partial charge in [0.05, 0.1) is 0 Å². The molecule has 0 amide bonds. The Labute approximate surface area is 137 Å². The van der Waals surface area contributed by atoms with Gasteiger partial charge in [-0.2, -0.15) is 0 Å². The van der Waals surface area contributed by atoms with E-state index < -0.39 is 0 Å². The molecule has 124 valence electrons. The van der Waals surface area contributed by atoms with Crippen LogP contribution in [-0.4, -0.2) is 27.9 Å². The van der Waals surface area contributed by atoms with Crippen molar-refractivity contribution in [3.63, 3.8) is 0 Å². The van der Waals surface area contributed by atoms with Crippen LogP contribution in [0.3, 0.4) is 0 Å². The van der Waals surface area contributed by atoms with Crippen molar-refractivity contribution in [3.05, 3.63) is 53.1 Å². The molecule has 1 unspecified atom stereocenters. The molecule has 1 atom stereocenters. The third kappa shape index (κ3) is 5.18. The fraction of sp³-hybridized carbons (Fsp3) is 0.368. The highest BCUT2D eigenvalue weighted by Gasteiger charge is 2.05. The van der Waals surface area contributed by atoms with E-state index in [2.05, 4.69) is 12.2 Å². The molecule has 0 bridgehead atoms. The van der Waals surface area contributed by atoms with Crippen molar-refractivity contribution in [2.75, 3.05) is 6.54 Å². The third-order valence-electron chi connectivity index (χ3n) is 4.07. The zero-order valence-electron chi connectivity index (χ0n) is 13.7. The number of aryl methyl sites for hydroxylation is 2. The second-order valence-electron chi connectivity index (χ2n) is 6.09. The topological polar surface area (TPSA) is 72.7 Å². The van der Waals surface area contributed by atoms with Crippen LogP contribution in [0.4, 0.5) is 0 Å². The summed E-state index contributed by atoms with van der Waals surface area (Å²) in [6.07, 6.45) is 2.79. The van der Waals surface area contributed by atoms with Gasteiger partial charge in [-0.3, -0.25) is 0 Å². The molecule has 23 heavy (non-hydrogen) atoms. The average Bonchev–Trinajstić information content (AvgIpc) is 2.52. The van der Waals surface area contributed by atoms with Gasteiger partial charge in [0.2, 0.25) is 0 Å². The second kappa shape index (κ2) is 7.88. The largest absolute Gasteiger partial charge is 0.508 e. The van der Waals surface area contributed by atoms with Crippen LogP contribution in [-0.2, 0) is 12.8 Å². The summed E-state index contributed by atoms with van der Waals surface area (Å²) in [4.78, 5) is 0. The molecule has 0 aromatic heterocycles. The smallest absolute Gasteiger partial charge is 0.157 e. The lowest BCUT2D eigenvalue weighted by atomic mass is 10.0. The fourth-order valence-electron chi connectivity index (χ4n) is 2.55. The molecule has 0 saturated carbocycles. The van der Waals surface area contributed by atoms with Crippen LogP contribution in [0, 0.1) is 6.92 Å². The number of aromatic hydroxyl groups is 3. The summed E-state index contributed by atoms with van der Waals surface area (Å²) in [5.74, 6) is 0.189. The first-order valence-corrected chi connectivity index (χ1v) is 7.98. The Kier molecular flexibility index (Phi) is 5.88. The van der Waals surface area contributed by atoms with Crippen LogP contribution >= 0.6 is 0 Å². The van der Waals surface area contributed by atoms with Crippen LogP contribution in [0.15, 0.2) is 36.4 Å². The van der Waals surface area contributed by atoms with E-state index in [9.17, 15) is 15.3 Å². The maximum atomic E-state index is 9.54. The van der Waals surface area contributed by atoms with E-state index in [4.69, 9.17) is 0 Å². The van der Waals surface area contributed by atoms with Gasteiger partial charge in [-0.25, -0.2) is 0 Å². The van der Waals surface area contributed by atoms with E-state index in [1.165, 1.54) is 11.6 Å². The Hall–Kier alpha value is -2.20. The molecule has 2 aromatic rings. The molecule has 0 heterocycles. The fourth-order valence-corrected chi connectivity index (χ4v) is 2.55. The lowest BCUT2D eigenvalue weighted by molar-refractivity contribution is 0.403. The monoisotopic (exact) mass is 315 g/mol. The van der Waals surface area contributed by atoms with Gasteiger partial charge in [0.15, 0.2) is 11.5 Å². The normalized spacial score (nSPS) is 12.3. The van der Waals surface area contributed by atoms with Gasteiger partial charge in [0, 0.05) is 6.04 Å². The summed E-state index contributed by atoms with van der Waals surface area (Å²) in [7, 11) is 0. The predicted molar refractivity (Wildman–Crippen MR) is 92.1 cm³/mol. The van der Waals surface area contributed by atoms with E-state index in [0.29, 0.717) is 11.8 Å². The summed E-state index contributed by atoms with van der Waals surface area (Å²) in [6.45, 7) is 4.88. The number of nitrogens with one attached hydrogen (secondary N) is 1. The highest BCUT2D eigenvalue weighted by Crippen LogP contribution is 2.24. The lowest BCUT2D eigenvalue weighted by Gasteiger charge is -2.14. The molecule has 0 spiro atoms. The van der Waals surface area contributed by atoms with Gasteiger partial charge in [0.25, 0.3) is 0 Å². The maximum Gasteiger partial charge on any atom is 0.157 e. The maximum absolute atomic E-state index is 9.54. The van der Waals surface area contributed by atoms with E-state index in [1.807, 2.05) is 25.1 Å². The number of phenolic OH excluding ortho intramolecular Hbond substituents is 3. The molecule has 0 fully saturated rings. The number of benzene rings is 2. The van der Waals surface area contributed by atoms with Gasteiger partial charge in [-0.05, 0) is 74.5 Å². The quantitative estimate of drug-likeness (QED) is 0.592. The van der Waals surface area contributed by atoms with Crippen LogP contribution in [0.1, 0.15) is 30.0 Å². The van der Waals surface area contributed by atoms with Crippen molar-refractivity contribution in [1.82, 2.24) is 5.32 Å². The van der Waals surface area contributed by atoms with Crippen molar-refractivity contribution < 1.29 is 15.3 Å². The van der Waals surface area contributed by atoms with E-state index in [-0.39, 0.29) is 11.5 Å². The number of phenols is 3. The van der Waals surface area contributed by atoms with Gasteiger partial charge in [-0.15, -0.1) is 0 Å². The first kappa shape index (κ1) is 17.2. The summed E-state index contributed by atoms with van der Waals surface area (Å²) < 4.78 is 0. The molecule has 0 aliphatic carbocycles. The molecule has 0 radical (unpaired) electrons. The molecule has 0 saturated heterocycles. The third-order valence-corrected chi connectivity index (χ3v) is 4.07. The zero-order chi connectivity index (χ0) is 16.8. The first-order valence-electron chi connectivity index (χ1n) is 7.98. The Bertz CT molecular complexity index is 655. The minimum absolute atomic E-state index is 0.0711. The molecular formula is C19H25NO3. The van der Waals surface area contributed by atoms with Gasteiger partial charge < -0.3 is 20.6 Å². The number of rotatable bonds is 7. The molecular weight excluding hydrogens is 290 g/mol. The number of hydrogen-bond donors (Lipinski definition) is 4. The van der Waals surface area contributed by atoms with Crippen molar-refractivity contribution in [2.45, 2.75) is 39.2 Å². The minimum atomic E-state index is -0.0840. The summed E-state index contributed by atoms with van der Waals surface area (Å²) in [5, 5.41) is 31.8. The van der Waals surface area contributed by atoms with Gasteiger partial charge >= 0.3 is 0 Å². The molecule has 0 aliphatic rings. The van der Waals surface area contributed by atoms with E-state index >= 15 is 0 Å². The van der Waals surface area contributed by atoms with Crippen molar-refractivity contribution in [3.8, 4) is 17.2 Å². The van der Waals surface area contributed by atoms with E-state index in [1.54, 1.807) is 12.1 Å². The van der Waals surface area contributed by atoms with Crippen molar-refractivity contribution in [1.29, 1.82) is 0 Å². The van der Waals surface area contributed by atoms with Gasteiger partial charge in [0.1, 0.15) is 5.75 Å². The molecule has 4 N–H and O–H groups in total. The van der Waals surface area contributed by atoms with E-state index in [0.717, 1.165) is 36.9 Å². The summed E-state index contributed by atoms with van der Waals surface area (Å²) in [6, 6.07) is 11.1. The number of hydrogen-bond acceptors (Lipinski definition) is 4. The minimum Gasteiger partial charge on any atom is -0.508 e. The van der Waals surface area contributed by atoms with Crippen molar-refractivity contribution >= 4 is 0 Å². The standard InChI is InChI=1S/C19H25NO3/c1-13-11-15(5-7-17(13)21)4-3-14(2)20-10-9-16-6-8-18(22)19(23)12-16/h5-8,11-12,14,20-23H,3-4,9-10H2,1-2H3. The van der Waals surface area contributed by atoms with Gasteiger partial charge in [-0.1, -0.05) is 18.2 Å². The SMILES string of the molecule is Cc1cc(CCC(C)NCCc2ccc(O)c(O)c2)ccc1O. The Morgan fingerprint density at radius 1 is 0.870 bits per heavy atom. The molecule has 4 nitrogen and oxygen atoms in total. The van der Waals surface area contributed by atoms with Crippen molar-refractivity contribution in [2.24, 2.45) is 0 Å². The predicted octanol–water partition coefficient (Wildman–Crippen LogP) is 3.27. The lowest BCUT2D eigenvalue weighted by Crippen LogP contribution is -2.28. The Balaban J connectivity index is 1.73.